The zero-order chi connectivity index (χ0) is 25.7. The number of hydrogen-bond acceptors (Lipinski definition) is 3. The zero-order valence-electron chi connectivity index (χ0n) is 23.3. The van der Waals surface area contributed by atoms with Crippen LogP contribution in [0.2, 0.25) is 0 Å². The summed E-state index contributed by atoms with van der Waals surface area (Å²) in [6.07, 6.45) is 6.94. The van der Waals surface area contributed by atoms with Gasteiger partial charge in [-0.2, -0.15) is 0 Å². The number of aryl methyl sites for hydroxylation is 2. The van der Waals surface area contributed by atoms with E-state index < -0.39 is 0 Å². The van der Waals surface area contributed by atoms with E-state index in [1.54, 1.807) is 5.56 Å². The molecule has 2 aromatic carbocycles. The number of anilines is 1. The molecule has 2 atom stereocenters. The molecule has 2 fully saturated rings. The van der Waals surface area contributed by atoms with Crippen molar-refractivity contribution >= 4 is 11.4 Å². The van der Waals surface area contributed by atoms with Crippen molar-refractivity contribution in [3.63, 3.8) is 0 Å². The standard InChI is InChI=1S/C16H23N.C11H16N2.2C2H6/c1-16-11-5-6-12-17(16)13-7-10-15(16)14-8-3-2-4-9-14;1-7-5-8(2)11(9(3)12)10(6-7)13-4;2*1-2/h2-4,8-9,15H,5-7,10-13H2,1H3;5-6,13H,3,12H2,1-2,4H3;2*1-2H3. The summed E-state index contributed by atoms with van der Waals surface area (Å²) in [5.41, 5.74) is 12.8. The lowest BCUT2D eigenvalue weighted by atomic mass is 9.70. The van der Waals surface area contributed by atoms with Crippen LogP contribution in [0.1, 0.15) is 94.9 Å². The molecule has 190 valence electrons. The van der Waals surface area contributed by atoms with Gasteiger partial charge >= 0.3 is 0 Å². The van der Waals surface area contributed by atoms with Crippen molar-refractivity contribution in [2.75, 3.05) is 25.5 Å². The molecular formula is C31H51N3. The largest absolute Gasteiger partial charge is 0.399 e. The summed E-state index contributed by atoms with van der Waals surface area (Å²) in [5.74, 6) is 0.748. The molecule has 34 heavy (non-hydrogen) atoms. The first-order valence-electron chi connectivity index (χ1n) is 13.4. The van der Waals surface area contributed by atoms with E-state index in [0.717, 1.165) is 22.7 Å². The first kappa shape index (κ1) is 29.8. The molecular weight excluding hydrogens is 414 g/mol. The summed E-state index contributed by atoms with van der Waals surface area (Å²) in [7, 11) is 1.89. The Kier molecular flexibility index (Phi) is 13.0. The van der Waals surface area contributed by atoms with Gasteiger partial charge in [-0.3, -0.25) is 4.90 Å². The Labute approximate surface area is 210 Å². The topological polar surface area (TPSA) is 41.3 Å². The van der Waals surface area contributed by atoms with Crippen molar-refractivity contribution in [3.8, 4) is 0 Å². The number of hydrogen-bond donors (Lipinski definition) is 2. The van der Waals surface area contributed by atoms with Crippen molar-refractivity contribution in [2.45, 2.75) is 92.0 Å². The van der Waals surface area contributed by atoms with Crippen LogP contribution in [0.4, 0.5) is 5.69 Å². The summed E-state index contributed by atoms with van der Waals surface area (Å²) in [4.78, 5) is 2.76. The molecule has 0 spiro atoms. The molecule has 0 saturated carbocycles. The van der Waals surface area contributed by atoms with E-state index in [0.29, 0.717) is 11.2 Å². The highest BCUT2D eigenvalue weighted by Gasteiger charge is 2.43. The van der Waals surface area contributed by atoms with Crippen LogP contribution in [0.5, 0.6) is 0 Å². The van der Waals surface area contributed by atoms with Crippen molar-refractivity contribution in [1.29, 1.82) is 0 Å². The van der Waals surface area contributed by atoms with Crippen LogP contribution in [0.25, 0.3) is 5.70 Å². The predicted molar refractivity (Wildman–Crippen MR) is 154 cm³/mol. The average Bonchev–Trinajstić information content (AvgIpc) is 2.86. The first-order chi connectivity index (χ1) is 16.4. The van der Waals surface area contributed by atoms with Gasteiger partial charge in [-0.25, -0.2) is 0 Å². The molecule has 2 unspecified atom stereocenters. The summed E-state index contributed by atoms with van der Waals surface area (Å²) < 4.78 is 0. The Hall–Kier alpha value is -2.26. The first-order valence-corrected chi connectivity index (χ1v) is 13.4. The summed E-state index contributed by atoms with van der Waals surface area (Å²) >= 11 is 0. The average molecular weight is 466 g/mol. The molecule has 0 amide bonds. The fourth-order valence-electron chi connectivity index (χ4n) is 5.56. The van der Waals surface area contributed by atoms with Crippen molar-refractivity contribution in [1.82, 2.24) is 4.90 Å². The van der Waals surface area contributed by atoms with Crippen LogP contribution in [0, 0.1) is 13.8 Å². The van der Waals surface area contributed by atoms with Crippen molar-refractivity contribution in [2.24, 2.45) is 5.73 Å². The Morgan fingerprint density at radius 3 is 2.21 bits per heavy atom. The van der Waals surface area contributed by atoms with Gasteiger partial charge in [0.1, 0.15) is 0 Å². The minimum absolute atomic E-state index is 0.428. The number of benzene rings is 2. The second-order valence-corrected chi connectivity index (χ2v) is 9.19. The van der Waals surface area contributed by atoms with E-state index >= 15 is 0 Å². The minimum atomic E-state index is 0.428. The Balaban J connectivity index is 0.000000306. The van der Waals surface area contributed by atoms with Gasteiger partial charge in [0.15, 0.2) is 0 Å². The summed E-state index contributed by atoms with van der Waals surface area (Å²) in [6, 6.07) is 15.4. The van der Waals surface area contributed by atoms with Crippen LogP contribution in [0.15, 0.2) is 49.0 Å². The third-order valence-corrected chi connectivity index (χ3v) is 7.03. The normalized spacial score (nSPS) is 21.2. The molecule has 2 aliphatic heterocycles. The monoisotopic (exact) mass is 465 g/mol. The number of nitrogens with two attached hydrogens (primary N) is 1. The van der Waals surface area contributed by atoms with Gasteiger partial charge in [0.2, 0.25) is 0 Å². The fourth-order valence-corrected chi connectivity index (χ4v) is 5.56. The predicted octanol–water partition coefficient (Wildman–Crippen LogP) is 8.14. The minimum Gasteiger partial charge on any atom is -0.399 e. The molecule has 3 N–H and O–H groups in total. The van der Waals surface area contributed by atoms with E-state index in [4.69, 9.17) is 5.73 Å². The molecule has 2 heterocycles. The molecule has 0 bridgehead atoms. The van der Waals surface area contributed by atoms with Gasteiger partial charge in [0.25, 0.3) is 0 Å². The van der Waals surface area contributed by atoms with Crippen molar-refractivity contribution in [3.05, 3.63) is 71.3 Å². The van der Waals surface area contributed by atoms with Gasteiger partial charge in [0, 0.05) is 35.5 Å². The van der Waals surface area contributed by atoms with Crippen LogP contribution in [-0.4, -0.2) is 30.6 Å². The van der Waals surface area contributed by atoms with Gasteiger partial charge in [-0.1, -0.05) is 77.1 Å². The Bertz CT molecular complexity index is 856. The molecule has 0 radical (unpaired) electrons. The van der Waals surface area contributed by atoms with Crippen LogP contribution < -0.4 is 11.1 Å². The smallest absolute Gasteiger partial charge is 0.0437 e. The molecule has 4 rings (SSSR count). The lowest BCUT2D eigenvalue weighted by molar-refractivity contribution is 0.00720. The number of rotatable bonds is 3. The number of piperidine rings is 2. The highest BCUT2D eigenvalue weighted by atomic mass is 15.2. The maximum absolute atomic E-state index is 5.71. The highest BCUT2D eigenvalue weighted by molar-refractivity contribution is 5.76. The van der Waals surface area contributed by atoms with Crippen LogP contribution in [-0.2, 0) is 0 Å². The Morgan fingerprint density at radius 2 is 1.62 bits per heavy atom. The van der Waals surface area contributed by atoms with Gasteiger partial charge < -0.3 is 11.1 Å². The van der Waals surface area contributed by atoms with E-state index in [9.17, 15) is 0 Å². The maximum Gasteiger partial charge on any atom is 0.0437 e. The SMILES string of the molecule is C=C(N)c1c(C)cc(C)cc1NC.CC.CC.CC12CCCCN1CCCC2c1ccccc1. The third kappa shape index (κ3) is 7.37. The lowest BCUT2D eigenvalue weighted by Crippen LogP contribution is -2.56. The number of fused-ring (bicyclic) bond motifs is 1. The van der Waals surface area contributed by atoms with E-state index in [-0.39, 0.29) is 0 Å². The second kappa shape index (κ2) is 14.9. The lowest BCUT2D eigenvalue weighted by Gasteiger charge is -2.53. The fraction of sp³-hybridized carbons (Fsp3) is 0.548. The van der Waals surface area contributed by atoms with E-state index in [1.165, 1.54) is 50.8 Å². The summed E-state index contributed by atoms with van der Waals surface area (Å²) in [5, 5.41) is 3.12. The van der Waals surface area contributed by atoms with E-state index in [2.05, 4.69) is 73.1 Å². The molecule has 2 aromatic rings. The molecule has 2 saturated heterocycles. The molecule has 0 aliphatic carbocycles. The number of nitrogens with zero attached hydrogens (tertiary/aromatic N) is 1. The van der Waals surface area contributed by atoms with Crippen molar-refractivity contribution < 1.29 is 0 Å². The van der Waals surface area contributed by atoms with Crippen LogP contribution >= 0.6 is 0 Å². The quantitative estimate of drug-likeness (QED) is 0.480. The van der Waals surface area contributed by atoms with Crippen LogP contribution in [0.3, 0.4) is 0 Å². The number of nitrogens with one attached hydrogen (secondary N) is 1. The Morgan fingerprint density at radius 1 is 1.00 bits per heavy atom. The van der Waals surface area contributed by atoms with Gasteiger partial charge in [-0.05, 0) is 82.3 Å². The second-order valence-electron chi connectivity index (χ2n) is 9.19. The third-order valence-electron chi connectivity index (χ3n) is 7.03. The zero-order valence-corrected chi connectivity index (χ0v) is 23.3. The van der Waals surface area contributed by atoms with Gasteiger partial charge in [0.05, 0.1) is 0 Å². The molecule has 3 heteroatoms. The van der Waals surface area contributed by atoms with Gasteiger partial charge in [-0.15, -0.1) is 0 Å². The molecule has 3 nitrogen and oxygen atoms in total. The molecule has 2 aliphatic rings. The highest BCUT2D eigenvalue weighted by Crippen LogP contribution is 2.45. The molecule has 0 aromatic heterocycles. The van der Waals surface area contributed by atoms with E-state index in [1.807, 2.05) is 41.7 Å². The summed E-state index contributed by atoms with van der Waals surface area (Å²) in [6.45, 7) is 21.0. The maximum atomic E-state index is 5.71.